The summed E-state index contributed by atoms with van der Waals surface area (Å²) in [6.07, 6.45) is 1.28. The van der Waals surface area contributed by atoms with Gasteiger partial charge in [0.2, 0.25) is 0 Å². The number of phenolic OH excluding ortho intramolecular Hbond substituents is 1. The Bertz CT molecular complexity index is 1060. The van der Waals surface area contributed by atoms with Gasteiger partial charge in [0.15, 0.2) is 11.5 Å². The van der Waals surface area contributed by atoms with E-state index in [2.05, 4.69) is 15.8 Å². The van der Waals surface area contributed by atoms with Crippen LogP contribution in [0.3, 0.4) is 0 Å². The zero-order valence-corrected chi connectivity index (χ0v) is 16.3. The van der Waals surface area contributed by atoms with Gasteiger partial charge in [0, 0.05) is 15.6 Å². The molecule has 0 aliphatic rings. The average molecular weight is 418 g/mol. The number of phenols is 1. The van der Waals surface area contributed by atoms with Crippen molar-refractivity contribution in [3.05, 3.63) is 57.9 Å². The molecule has 2 amide bonds. The smallest absolute Gasteiger partial charge is 0.263 e. The summed E-state index contributed by atoms with van der Waals surface area (Å²) >= 11 is 7.51. The first-order valence-corrected chi connectivity index (χ1v) is 9.33. The molecular weight excluding hydrogens is 402 g/mol. The van der Waals surface area contributed by atoms with Crippen LogP contribution in [0.4, 0.5) is 0 Å². The summed E-state index contributed by atoms with van der Waals surface area (Å²) in [7, 11) is 1.43. The number of benzene rings is 2. The molecule has 0 aliphatic heterocycles. The summed E-state index contributed by atoms with van der Waals surface area (Å²) in [6, 6.07) is 12.3. The number of rotatable bonds is 6. The largest absolute Gasteiger partial charge is 0.504 e. The van der Waals surface area contributed by atoms with Crippen molar-refractivity contribution >= 4 is 51.1 Å². The Labute approximate surface area is 169 Å². The Morgan fingerprint density at radius 2 is 2.04 bits per heavy atom. The molecule has 0 radical (unpaired) electrons. The number of ether oxygens (including phenoxy) is 1. The first kappa shape index (κ1) is 19.7. The number of amides is 2. The summed E-state index contributed by atoms with van der Waals surface area (Å²) < 4.78 is 5.89. The average Bonchev–Trinajstić information content (AvgIpc) is 3.04. The Morgan fingerprint density at radius 1 is 1.25 bits per heavy atom. The minimum absolute atomic E-state index is 0.0873. The van der Waals surface area contributed by atoms with E-state index in [9.17, 15) is 14.7 Å². The van der Waals surface area contributed by atoms with Gasteiger partial charge in [0.25, 0.3) is 11.8 Å². The van der Waals surface area contributed by atoms with Crippen molar-refractivity contribution in [2.45, 2.75) is 0 Å². The molecule has 0 bridgehead atoms. The van der Waals surface area contributed by atoms with Gasteiger partial charge in [-0.2, -0.15) is 5.10 Å². The number of para-hydroxylation sites is 1. The Balaban J connectivity index is 1.57. The molecule has 0 spiro atoms. The standard InChI is InChI=1S/C19H16ClN3O4S/c1-27-13-7-4-5-11(17(13)25)9-22-23-15(24)10-21-19(26)18-16(20)12-6-2-3-8-14(12)28-18/h2-9,25H,10H2,1H3,(H,21,26)(H,23,24). The molecule has 1 aromatic heterocycles. The lowest BCUT2D eigenvalue weighted by Gasteiger charge is -2.05. The summed E-state index contributed by atoms with van der Waals surface area (Å²) in [5.74, 6) is -0.751. The highest BCUT2D eigenvalue weighted by molar-refractivity contribution is 7.21. The van der Waals surface area contributed by atoms with Crippen molar-refractivity contribution in [2.75, 3.05) is 13.7 Å². The number of carbonyl (C=O) groups is 2. The molecular formula is C19H16ClN3O4S. The Hall–Kier alpha value is -3.10. The van der Waals surface area contributed by atoms with Crippen LogP contribution in [0.25, 0.3) is 10.1 Å². The van der Waals surface area contributed by atoms with Crippen molar-refractivity contribution in [2.24, 2.45) is 5.10 Å². The fourth-order valence-electron chi connectivity index (χ4n) is 2.42. The second-order valence-electron chi connectivity index (χ2n) is 5.62. The first-order valence-electron chi connectivity index (χ1n) is 8.14. The van der Waals surface area contributed by atoms with Gasteiger partial charge in [0.05, 0.1) is 24.9 Å². The first-order chi connectivity index (χ1) is 13.5. The highest BCUT2D eigenvalue weighted by Gasteiger charge is 2.17. The number of hydrogen-bond acceptors (Lipinski definition) is 6. The lowest BCUT2D eigenvalue weighted by Crippen LogP contribution is -2.34. The minimum Gasteiger partial charge on any atom is -0.504 e. The number of halogens is 1. The van der Waals surface area contributed by atoms with Crippen molar-refractivity contribution in [3.63, 3.8) is 0 Å². The van der Waals surface area contributed by atoms with Crippen molar-refractivity contribution < 1.29 is 19.4 Å². The van der Waals surface area contributed by atoms with Crippen molar-refractivity contribution in [1.29, 1.82) is 0 Å². The number of carbonyl (C=O) groups excluding carboxylic acids is 2. The molecule has 3 aromatic rings. The van der Waals surface area contributed by atoms with Gasteiger partial charge in [0.1, 0.15) is 4.88 Å². The van der Waals surface area contributed by atoms with E-state index >= 15 is 0 Å². The fraction of sp³-hybridized carbons (Fsp3) is 0.105. The van der Waals surface area contributed by atoms with Crippen molar-refractivity contribution in [3.8, 4) is 11.5 Å². The molecule has 0 saturated carbocycles. The van der Waals surface area contributed by atoms with Crippen LogP contribution in [0.5, 0.6) is 11.5 Å². The molecule has 9 heteroatoms. The van der Waals surface area contributed by atoms with Crippen LogP contribution < -0.4 is 15.5 Å². The quantitative estimate of drug-likeness (QED) is 0.423. The van der Waals surface area contributed by atoms with E-state index in [1.54, 1.807) is 18.2 Å². The highest BCUT2D eigenvalue weighted by atomic mass is 35.5. The van der Waals surface area contributed by atoms with E-state index in [4.69, 9.17) is 16.3 Å². The van der Waals surface area contributed by atoms with E-state index in [0.717, 1.165) is 10.1 Å². The predicted molar refractivity (Wildman–Crippen MR) is 110 cm³/mol. The number of nitrogens with zero attached hydrogens (tertiary/aromatic N) is 1. The number of nitrogens with one attached hydrogen (secondary N) is 2. The molecule has 0 unspecified atom stereocenters. The van der Waals surface area contributed by atoms with Crippen LogP contribution in [0.2, 0.25) is 5.02 Å². The van der Waals surface area contributed by atoms with Crippen LogP contribution in [-0.2, 0) is 4.79 Å². The van der Waals surface area contributed by atoms with Gasteiger partial charge in [-0.15, -0.1) is 11.3 Å². The molecule has 2 aromatic carbocycles. The van der Waals surface area contributed by atoms with Crippen LogP contribution in [0.1, 0.15) is 15.2 Å². The Kier molecular flexibility index (Phi) is 6.13. The molecule has 0 atom stereocenters. The number of hydrogen-bond donors (Lipinski definition) is 3. The summed E-state index contributed by atoms with van der Waals surface area (Å²) in [5, 5.41) is 17.4. The SMILES string of the molecule is COc1cccc(C=NNC(=O)CNC(=O)c2sc3ccccc3c2Cl)c1O. The van der Waals surface area contributed by atoms with E-state index in [-0.39, 0.29) is 12.3 Å². The topological polar surface area (TPSA) is 100 Å². The molecule has 1 heterocycles. The molecule has 3 rings (SSSR count). The van der Waals surface area contributed by atoms with Crippen LogP contribution in [-0.4, -0.2) is 36.8 Å². The number of methoxy groups -OCH3 is 1. The lowest BCUT2D eigenvalue weighted by atomic mass is 10.2. The molecule has 144 valence electrons. The van der Waals surface area contributed by atoms with Gasteiger partial charge in [-0.05, 0) is 18.2 Å². The van der Waals surface area contributed by atoms with Crippen LogP contribution >= 0.6 is 22.9 Å². The third kappa shape index (κ3) is 4.24. The number of aromatic hydroxyl groups is 1. The Morgan fingerprint density at radius 3 is 2.79 bits per heavy atom. The molecule has 7 nitrogen and oxygen atoms in total. The predicted octanol–water partition coefficient (Wildman–Crippen LogP) is 3.15. The maximum atomic E-state index is 12.3. The van der Waals surface area contributed by atoms with Gasteiger partial charge < -0.3 is 15.2 Å². The second kappa shape index (κ2) is 8.73. The second-order valence-corrected chi connectivity index (χ2v) is 7.05. The fourth-order valence-corrected chi connectivity index (χ4v) is 3.86. The molecule has 28 heavy (non-hydrogen) atoms. The van der Waals surface area contributed by atoms with E-state index in [1.807, 2.05) is 24.3 Å². The van der Waals surface area contributed by atoms with E-state index in [1.165, 1.54) is 24.7 Å². The molecule has 0 saturated heterocycles. The van der Waals surface area contributed by atoms with Crippen molar-refractivity contribution in [1.82, 2.24) is 10.7 Å². The maximum absolute atomic E-state index is 12.3. The van der Waals surface area contributed by atoms with Gasteiger partial charge in [-0.1, -0.05) is 35.9 Å². The summed E-state index contributed by atoms with van der Waals surface area (Å²) in [4.78, 5) is 24.5. The summed E-state index contributed by atoms with van der Waals surface area (Å²) in [5.41, 5.74) is 2.65. The summed E-state index contributed by atoms with van der Waals surface area (Å²) in [6.45, 7) is -0.273. The number of hydrazone groups is 1. The van der Waals surface area contributed by atoms with Gasteiger partial charge >= 0.3 is 0 Å². The highest BCUT2D eigenvalue weighted by Crippen LogP contribution is 2.34. The molecule has 0 fully saturated rings. The maximum Gasteiger partial charge on any atom is 0.263 e. The van der Waals surface area contributed by atoms with Gasteiger partial charge in [-0.25, -0.2) is 5.43 Å². The van der Waals surface area contributed by atoms with E-state index in [0.29, 0.717) is 21.2 Å². The third-order valence-corrected chi connectivity index (χ3v) is 5.47. The molecule has 3 N–H and O–H groups in total. The molecule has 0 aliphatic carbocycles. The number of thiophene rings is 1. The number of fused-ring (bicyclic) bond motifs is 1. The van der Waals surface area contributed by atoms with Crippen LogP contribution in [0.15, 0.2) is 47.6 Å². The monoisotopic (exact) mass is 417 g/mol. The zero-order valence-electron chi connectivity index (χ0n) is 14.7. The van der Waals surface area contributed by atoms with Crippen LogP contribution in [0, 0.1) is 0 Å². The normalized spacial score (nSPS) is 10.9. The third-order valence-electron chi connectivity index (χ3n) is 3.79. The van der Waals surface area contributed by atoms with Gasteiger partial charge in [-0.3, -0.25) is 9.59 Å². The van der Waals surface area contributed by atoms with E-state index < -0.39 is 11.8 Å². The zero-order chi connectivity index (χ0) is 20.1. The minimum atomic E-state index is -0.524. The lowest BCUT2D eigenvalue weighted by molar-refractivity contribution is -0.120.